The second kappa shape index (κ2) is 10.8. The molecule has 1 aromatic rings. The number of hydrogen-bond donors (Lipinski definition) is 1. The SMILES string of the molecule is CCCN1CCC(NC(=O)c2ccccc2OCCOCC)CCC1=O. The fourth-order valence-electron chi connectivity index (χ4n) is 3.09. The second-order valence-corrected chi connectivity index (χ2v) is 6.42. The highest BCUT2D eigenvalue weighted by Crippen LogP contribution is 2.19. The monoisotopic (exact) mass is 362 g/mol. The third-order valence-corrected chi connectivity index (χ3v) is 4.46. The Kier molecular flexibility index (Phi) is 8.41. The molecule has 2 amide bonds. The van der Waals surface area contributed by atoms with E-state index in [-0.39, 0.29) is 17.9 Å². The normalized spacial score (nSPS) is 17.7. The largest absolute Gasteiger partial charge is 0.490 e. The van der Waals surface area contributed by atoms with Crippen LogP contribution in [0.5, 0.6) is 5.75 Å². The molecular weight excluding hydrogens is 332 g/mol. The Morgan fingerprint density at radius 1 is 1.23 bits per heavy atom. The number of nitrogens with one attached hydrogen (secondary N) is 1. The van der Waals surface area contributed by atoms with Gasteiger partial charge in [0.1, 0.15) is 12.4 Å². The van der Waals surface area contributed by atoms with Gasteiger partial charge in [-0.2, -0.15) is 0 Å². The first-order chi connectivity index (χ1) is 12.7. The van der Waals surface area contributed by atoms with Gasteiger partial charge in [-0.05, 0) is 38.3 Å². The van der Waals surface area contributed by atoms with Crippen molar-refractivity contribution in [3.8, 4) is 5.75 Å². The maximum Gasteiger partial charge on any atom is 0.255 e. The molecule has 1 N–H and O–H groups in total. The average Bonchev–Trinajstić information content (AvgIpc) is 2.82. The van der Waals surface area contributed by atoms with Gasteiger partial charge < -0.3 is 19.7 Å². The number of ether oxygens (including phenoxy) is 2. The third kappa shape index (κ3) is 6.02. The zero-order valence-corrected chi connectivity index (χ0v) is 15.8. The van der Waals surface area contributed by atoms with Crippen molar-refractivity contribution in [1.29, 1.82) is 0 Å². The molecular formula is C20H30N2O4. The van der Waals surface area contributed by atoms with Gasteiger partial charge in [-0.3, -0.25) is 9.59 Å². The molecule has 144 valence electrons. The molecule has 26 heavy (non-hydrogen) atoms. The summed E-state index contributed by atoms with van der Waals surface area (Å²) in [5.74, 6) is 0.587. The molecule has 1 aliphatic heterocycles. The van der Waals surface area contributed by atoms with Crippen molar-refractivity contribution in [3.05, 3.63) is 29.8 Å². The van der Waals surface area contributed by atoms with E-state index >= 15 is 0 Å². The van der Waals surface area contributed by atoms with Gasteiger partial charge >= 0.3 is 0 Å². The number of amides is 2. The maximum atomic E-state index is 12.7. The number of nitrogens with zero attached hydrogens (tertiary/aromatic N) is 1. The number of likely N-dealkylation sites (tertiary alicyclic amines) is 1. The van der Waals surface area contributed by atoms with Crippen molar-refractivity contribution in [1.82, 2.24) is 10.2 Å². The molecule has 6 heteroatoms. The molecule has 0 bridgehead atoms. The van der Waals surface area contributed by atoms with Crippen LogP contribution in [-0.4, -0.2) is 55.7 Å². The topological polar surface area (TPSA) is 67.9 Å². The van der Waals surface area contributed by atoms with Gasteiger partial charge in [0, 0.05) is 32.2 Å². The number of para-hydroxylation sites is 1. The molecule has 2 rings (SSSR count). The van der Waals surface area contributed by atoms with Crippen molar-refractivity contribution in [2.45, 2.75) is 45.6 Å². The molecule has 1 aromatic carbocycles. The smallest absolute Gasteiger partial charge is 0.255 e. The fraction of sp³-hybridized carbons (Fsp3) is 0.600. The standard InChI is InChI=1S/C20H30N2O4/c1-3-12-22-13-11-16(9-10-19(22)23)21-20(24)17-7-5-6-8-18(17)26-15-14-25-4-2/h5-8,16H,3-4,9-15H2,1-2H3,(H,21,24). The van der Waals surface area contributed by atoms with E-state index in [4.69, 9.17) is 9.47 Å². The molecule has 1 atom stereocenters. The molecule has 0 aliphatic carbocycles. The highest BCUT2D eigenvalue weighted by molar-refractivity contribution is 5.97. The van der Waals surface area contributed by atoms with E-state index in [1.165, 1.54) is 0 Å². The number of benzene rings is 1. The average molecular weight is 362 g/mol. The van der Waals surface area contributed by atoms with Crippen LogP contribution in [0.1, 0.15) is 49.9 Å². The van der Waals surface area contributed by atoms with Gasteiger partial charge in [-0.15, -0.1) is 0 Å². The lowest BCUT2D eigenvalue weighted by molar-refractivity contribution is -0.130. The number of carbonyl (C=O) groups is 2. The summed E-state index contributed by atoms with van der Waals surface area (Å²) >= 11 is 0. The van der Waals surface area contributed by atoms with Crippen LogP contribution in [0.25, 0.3) is 0 Å². The summed E-state index contributed by atoms with van der Waals surface area (Å²) in [6.45, 7) is 7.02. The van der Waals surface area contributed by atoms with Crippen LogP contribution in [0.2, 0.25) is 0 Å². The molecule has 0 aromatic heterocycles. The quantitative estimate of drug-likeness (QED) is 0.686. The fourth-order valence-corrected chi connectivity index (χ4v) is 3.09. The summed E-state index contributed by atoms with van der Waals surface area (Å²) in [5, 5.41) is 3.07. The van der Waals surface area contributed by atoms with E-state index in [1.807, 2.05) is 24.0 Å². The van der Waals surface area contributed by atoms with Crippen molar-refractivity contribution in [2.75, 3.05) is 32.9 Å². The van der Waals surface area contributed by atoms with Gasteiger partial charge in [-0.25, -0.2) is 0 Å². The molecule has 1 unspecified atom stereocenters. The van der Waals surface area contributed by atoms with Crippen LogP contribution >= 0.6 is 0 Å². The minimum absolute atomic E-state index is 0.00443. The maximum absolute atomic E-state index is 12.7. The van der Waals surface area contributed by atoms with Crippen LogP contribution in [-0.2, 0) is 9.53 Å². The molecule has 1 saturated heterocycles. The molecule has 6 nitrogen and oxygen atoms in total. The zero-order valence-electron chi connectivity index (χ0n) is 15.8. The predicted molar refractivity (Wildman–Crippen MR) is 100 cm³/mol. The summed E-state index contributed by atoms with van der Waals surface area (Å²) in [6, 6.07) is 7.23. The van der Waals surface area contributed by atoms with Crippen molar-refractivity contribution >= 4 is 11.8 Å². The highest BCUT2D eigenvalue weighted by atomic mass is 16.5. The van der Waals surface area contributed by atoms with Crippen LogP contribution in [0, 0.1) is 0 Å². The zero-order chi connectivity index (χ0) is 18.8. The Labute approximate surface area is 155 Å². The molecule has 1 aliphatic rings. The molecule has 1 heterocycles. The van der Waals surface area contributed by atoms with E-state index in [2.05, 4.69) is 12.2 Å². The first kappa shape index (κ1) is 20.2. The van der Waals surface area contributed by atoms with Crippen LogP contribution < -0.4 is 10.1 Å². The first-order valence-corrected chi connectivity index (χ1v) is 9.53. The van der Waals surface area contributed by atoms with E-state index in [0.29, 0.717) is 50.5 Å². The minimum atomic E-state index is -0.154. The Hall–Kier alpha value is -2.08. The van der Waals surface area contributed by atoms with Crippen LogP contribution in [0.3, 0.4) is 0 Å². The van der Waals surface area contributed by atoms with Crippen molar-refractivity contribution in [2.24, 2.45) is 0 Å². The van der Waals surface area contributed by atoms with Crippen molar-refractivity contribution in [3.63, 3.8) is 0 Å². The minimum Gasteiger partial charge on any atom is -0.490 e. The summed E-state index contributed by atoms with van der Waals surface area (Å²) in [7, 11) is 0. The van der Waals surface area contributed by atoms with Gasteiger partial charge in [0.05, 0.1) is 12.2 Å². The van der Waals surface area contributed by atoms with Gasteiger partial charge in [0.25, 0.3) is 5.91 Å². The Morgan fingerprint density at radius 2 is 2.04 bits per heavy atom. The summed E-state index contributed by atoms with van der Waals surface area (Å²) < 4.78 is 11.0. The number of carbonyl (C=O) groups excluding carboxylic acids is 2. The summed E-state index contributed by atoms with van der Waals surface area (Å²) in [4.78, 5) is 26.7. The van der Waals surface area contributed by atoms with Gasteiger partial charge in [0.2, 0.25) is 5.91 Å². The number of rotatable bonds is 9. The molecule has 0 spiro atoms. The van der Waals surface area contributed by atoms with Gasteiger partial charge in [0.15, 0.2) is 0 Å². The van der Waals surface area contributed by atoms with Crippen molar-refractivity contribution < 1.29 is 19.1 Å². The Morgan fingerprint density at radius 3 is 2.81 bits per heavy atom. The molecule has 0 radical (unpaired) electrons. The highest BCUT2D eigenvalue weighted by Gasteiger charge is 2.24. The first-order valence-electron chi connectivity index (χ1n) is 9.53. The van der Waals surface area contributed by atoms with Crippen LogP contribution in [0.4, 0.5) is 0 Å². The van der Waals surface area contributed by atoms with Gasteiger partial charge in [-0.1, -0.05) is 19.1 Å². The van der Waals surface area contributed by atoms with E-state index in [0.717, 1.165) is 19.4 Å². The van der Waals surface area contributed by atoms with Crippen LogP contribution in [0.15, 0.2) is 24.3 Å². The summed E-state index contributed by atoms with van der Waals surface area (Å²) in [5.41, 5.74) is 0.519. The lowest BCUT2D eigenvalue weighted by atomic mass is 10.1. The van der Waals surface area contributed by atoms with E-state index in [1.54, 1.807) is 12.1 Å². The van der Waals surface area contributed by atoms with E-state index in [9.17, 15) is 9.59 Å². The number of hydrogen-bond acceptors (Lipinski definition) is 4. The summed E-state index contributed by atoms with van der Waals surface area (Å²) in [6.07, 6.45) is 2.90. The molecule has 1 fully saturated rings. The third-order valence-electron chi connectivity index (χ3n) is 4.46. The lowest BCUT2D eigenvalue weighted by Gasteiger charge is -2.20. The Bertz CT molecular complexity index is 591. The Balaban J connectivity index is 1.94. The molecule has 0 saturated carbocycles. The second-order valence-electron chi connectivity index (χ2n) is 6.42. The van der Waals surface area contributed by atoms with E-state index < -0.39 is 0 Å². The lowest BCUT2D eigenvalue weighted by Crippen LogP contribution is -2.36. The predicted octanol–water partition coefficient (Wildman–Crippen LogP) is 2.62.